The predicted octanol–water partition coefficient (Wildman–Crippen LogP) is 6.69. The summed E-state index contributed by atoms with van der Waals surface area (Å²) >= 11 is 3.46. The second-order valence-electron chi connectivity index (χ2n) is 6.47. The molecule has 0 bridgehead atoms. The van der Waals surface area contributed by atoms with E-state index in [4.69, 9.17) is 0 Å². The summed E-state index contributed by atoms with van der Waals surface area (Å²) in [5, 5.41) is 4.09. The lowest BCUT2D eigenvalue weighted by molar-refractivity contribution is -0.137. The lowest BCUT2D eigenvalue weighted by Crippen LogP contribution is -2.07. The highest BCUT2D eigenvalue weighted by atomic mass is 79.9. The van der Waals surface area contributed by atoms with Crippen LogP contribution in [-0.4, -0.2) is 9.97 Å². The van der Waals surface area contributed by atoms with E-state index in [2.05, 4.69) is 31.2 Å². The molecule has 0 amide bonds. The molecule has 0 aliphatic heterocycles. The highest BCUT2D eigenvalue weighted by molar-refractivity contribution is 9.10. The lowest BCUT2D eigenvalue weighted by atomic mass is 10.1. The normalized spacial score (nSPS) is 11.6. The SMILES string of the molecule is FC(F)(F)c1ccc(CNc2nc(-c3cccc(Br)c3)nc3ccccc23)cc1. The maximum atomic E-state index is 12.7. The molecule has 3 nitrogen and oxygen atoms in total. The van der Waals surface area contributed by atoms with Gasteiger partial charge in [0.05, 0.1) is 11.1 Å². The van der Waals surface area contributed by atoms with E-state index < -0.39 is 11.7 Å². The summed E-state index contributed by atoms with van der Waals surface area (Å²) in [4.78, 5) is 9.30. The predicted molar refractivity (Wildman–Crippen MR) is 111 cm³/mol. The molecule has 1 N–H and O–H groups in total. The number of benzene rings is 3. The first-order chi connectivity index (χ1) is 13.9. The number of halogens is 4. The van der Waals surface area contributed by atoms with Crippen LogP contribution in [0.25, 0.3) is 22.3 Å². The van der Waals surface area contributed by atoms with Crippen molar-refractivity contribution >= 4 is 32.7 Å². The molecule has 0 saturated heterocycles. The van der Waals surface area contributed by atoms with Gasteiger partial charge in [-0.15, -0.1) is 0 Å². The summed E-state index contributed by atoms with van der Waals surface area (Å²) in [5.74, 6) is 1.20. The van der Waals surface area contributed by atoms with Crippen molar-refractivity contribution in [3.8, 4) is 11.4 Å². The number of anilines is 1. The number of fused-ring (bicyclic) bond motifs is 1. The molecule has 3 aromatic carbocycles. The molecular weight excluding hydrogens is 443 g/mol. The minimum Gasteiger partial charge on any atom is -0.365 e. The average Bonchev–Trinajstić information content (AvgIpc) is 2.71. The molecule has 0 saturated carbocycles. The van der Waals surface area contributed by atoms with E-state index >= 15 is 0 Å². The summed E-state index contributed by atoms with van der Waals surface area (Å²) in [6.45, 7) is 0.344. The fraction of sp³-hybridized carbons (Fsp3) is 0.0909. The molecule has 0 atom stereocenters. The standard InChI is InChI=1S/C22H15BrF3N3/c23-17-5-3-4-15(12-17)20-28-19-7-2-1-6-18(19)21(29-20)27-13-14-8-10-16(11-9-14)22(24,25)26/h1-12H,13H2,(H,27,28,29). The van der Waals surface area contributed by atoms with E-state index in [1.165, 1.54) is 12.1 Å². The van der Waals surface area contributed by atoms with E-state index in [0.717, 1.165) is 38.6 Å². The Hall–Kier alpha value is -2.93. The van der Waals surface area contributed by atoms with Gasteiger partial charge in [-0.2, -0.15) is 13.2 Å². The third-order valence-corrected chi connectivity index (χ3v) is 4.92. The highest BCUT2D eigenvalue weighted by Gasteiger charge is 2.29. The van der Waals surface area contributed by atoms with Crippen LogP contribution in [0.5, 0.6) is 0 Å². The van der Waals surface area contributed by atoms with Gasteiger partial charge in [0.1, 0.15) is 5.82 Å². The topological polar surface area (TPSA) is 37.8 Å². The Morgan fingerprint density at radius 3 is 2.34 bits per heavy atom. The van der Waals surface area contributed by atoms with Gasteiger partial charge < -0.3 is 5.32 Å². The van der Waals surface area contributed by atoms with Crippen molar-refractivity contribution < 1.29 is 13.2 Å². The van der Waals surface area contributed by atoms with Crippen LogP contribution in [0, 0.1) is 0 Å². The van der Waals surface area contributed by atoms with Crippen molar-refractivity contribution in [1.82, 2.24) is 9.97 Å². The zero-order chi connectivity index (χ0) is 20.4. The Balaban J connectivity index is 1.66. The molecule has 1 aromatic heterocycles. The third-order valence-electron chi connectivity index (χ3n) is 4.43. The van der Waals surface area contributed by atoms with Crippen LogP contribution in [0.15, 0.2) is 77.3 Å². The smallest absolute Gasteiger partial charge is 0.365 e. The largest absolute Gasteiger partial charge is 0.416 e. The second kappa shape index (κ2) is 7.83. The Morgan fingerprint density at radius 1 is 0.862 bits per heavy atom. The number of hydrogen-bond acceptors (Lipinski definition) is 3. The fourth-order valence-corrected chi connectivity index (χ4v) is 3.36. The molecule has 0 fully saturated rings. The molecule has 0 radical (unpaired) electrons. The molecule has 0 aliphatic rings. The maximum absolute atomic E-state index is 12.7. The first kappa shape index (κ1) is 19.4. The molecular formula is C22H15BrF3N3. The molecule has 29 heavy (non-hydrogen) atoms. The highest BCUT2D eigenvalue weighted by Crippen LogP contribution is 2.30. The van der Waals surface area contributed by atoms with E-state index in [1.54, 1.807) is 0 Å². The zero-order valence-electron chi connectivity index (χ0n) is 15.0. The number of rotatable bonds is 4. The Kier molecular flexibility index (Phi) is 5.24. The monoisotopic (exact) mass is 457 g/mol. The van der Waals surface area contributed by atoms with Crippen molar-refractivity contribution in [2.75, 3.05) is 5.32 Å². The Bertz CT molecular complexity index is 1160. The van der Waals surface area contributed by atoms with Gasteiger partial charge in [-0.1, -0.05) is 52.3 Å². The van der Waals surface area contributed by atoms with Gasteiger partial charge in [0, 0.05) is 22.0 Å². The molecule has 1 heterocycles. The Morgan fingerprint density at radius 2 is 1.62 bits per heavy atom. The van der Waals surface area contributed by atoms with Gasteiger partial charge in [-0.25, -0.2) is 9.97 Å². The van der Waals surface area contributed by atoms with Crippen LogP contribution in [0.4, 0.5) is 19.0 Å². The second-order valence-corrected chi connectivity index (χ2v) is 7.39. The van der Waals surface area contributed by atoms with Crippen LogP contribution >= 0.6 is 15.9 Å². The van der Waals surface area contributed by atoms with Crippen molar-refractivity contribution in [2.24, 2.45) is 0 Å². The van der Waals surface area contributed by atoms with Crippen molar-refractivity contribution in [3.05, 3.63) is 88.4 Å². The molecule has 0 unspecified atom stereocenters. The van der Waals surface area contributed by atoms with E-state index in [1.807, 2.05) is 48.5 Å². The van der Waals surface area contributed by atoms with Crippen LogP contribution in [0.1, 0.15) is 11.1 Å². The number of nitrogens with zero attached hydrogens (tertiary/aromatic N) is 2. The summed E-state index contributed by atoms with van der Waals surface area (Å²) in [5.41, 5.74) is 1.71. The maximum Gasteiger partial charge on any atom is 0.416 e. The summed E-state index contributed by atoms with van der Waals surface area (Å²) < 4.78 is 39.2. The van der Waals surface area contributed by atoms with Gasteiger partial charge in [0.25, 0.3) is 0 Å². The number of alkyl halides is 3. The minimum absolute atomic E-state index is 0.344. The van der Waals surface area contributed by atoms with Crippen LogP contribution in [0.2, 0.25) is 0 Å². The molecule has 0 spiro atoms. The van der Waals surface area contributed by atoms with Gasteiger partial charge in [-0.3, -0.25) is 0 Å². The van der Waals surface area contributed by atoms with E-state index in [-0.39, 0.29) is 0 Å². The fourth-order valence-electron chi connectivity index (χ4n) is 2.97. The third kappa shape index (κ3) is 4.40. The van der Waals surface area contributed by atoms with E-state index in [0.29, 0.717) is 18.2 Å². The lowest BCUT2D eigenvalue weighted by Gasteiger charge is -2.12. The number of para-hydroxylation sites is 1. The number of aromatic nitrogens is 2. The molecule has 7 heteroatoms. The minimum atomic E-state index is -4.34. The first-order valence-corrected chi connectivity index (χ1v) is 9.62. The van der Waals surface area contributed by atoms with Crippen LogP contribution in [-0.2, 0) is 12.7 Å². The van der Waals surface area contributed by atoms with E-state index in [9.17, 15) is 13.2 Å². The van der Waals surface area contributed by atoms with Gasteiger partial charge in [0.2, 0.25) is 0 Å². The quantitative estimate of drug-likeness (QED) is 0.370. The van der Waals surface area contributed by atoms with Gasteiger partial charge >= 0.3 is 6.18 Å². The van der Waals surface area contributed by atoms with Gasteiger partial charge in [0.15, 0.2) is 5.82 Å². The van der Waals surface area contributed by atoms with Crippen molar-refractivity contribution in [1.29, 1.82) is 0 Å². The molecule has 146 valence electrons. The van der Waals surface area contributed by atoms with Crippen LogP contribution in [0.3, 0.4) is 0 Å². The summed E-state index contributed by atoms with van der Waals surface area (Å²) in [6.07, 6.45) is -4.34. The van der Waals surface area contributed by atoms with Crippen molar-refractivity contribution in [3.63, 3.8) is 0 Å². The molecule has 0 aliphatic carbocycles. The van der Waals surface area contributed by atoms with Crippen LogP contribution < -0.4 is 5.32 Å². The first-order valence-electron chi connectivity index (χ1n) is 8.83. The van der Waals surface area contributed by atoms with Crippen molar-refractivity contribution in [2.45, 2.75) is 12.7 Å². The number of nitrogens with one attached hydrogen (secondary N) is 1. The molecule has 4 aromatic rings. The Labute approximate surface area is 173 Å². The summed E-state index contributed by atoms with van der Waals surface area (Å²) in [6, 6.07) is 20.4. The number of hydrogen-bond donors (Lipinski definition) is 1. The summed E-state index contributed by atoms with van der Waals surface area (Å²) in [7, 11) is 0. The van der Waals surface area contributed by atoms with Gasteiger partial charge in [-0.05, 0) is 42.0 Å². The average molecular weight is 458 g/mol. The molecule has 4 rings (SSSR count). The zero-order valence-corrected chi connectivity index (χ0v) is 16.6.